The highest BCUT2D eigenvalue weighted by molar-refractivity contribution is 6.02. The fourth-order valence-electron chi connectivity index (χ4n) is 6.55. The van der Waals surface area contributed by atoms with Crippen molar-refractivity contribution in [2.75, 3.05) is 20.9 Å². The third kappa shape index (κ3) is 4.93. The number of para-hydroxylation sites is 6. The lowest BCUT2D eigenvalue weighted by Crippen LogP contribution is -2.33. The summed E-state index contributed by atoms with van der Waals surface area (Å²) in [5, 5.41) is 11.0. The van der Waals surface area contributed by atoms with Crippen LogP contribution in [0.1, 0.15) is 0 Å². The highest BCUT2D eigenvalue weighted by Gasteiger charge is 2.29. The summed E-state index contributed by atoms with van der Waals surface area (Å²) in [6.45, 7) is 0. The minimum absolute atomic E-state index is 0.875. The van der Waals surface area contributed by atoms with Crippen LogP contribution in [0.25, 0.3) is 27.8 Å². The van der Waals surface area contributed by atoms with Crippen LogP contribution in [-0.4, -0.2) is 4.98 Å². The summed E-state index contributed by atoms with van der Waals surface area (Å²) in [4.78, 5) is 7.66. The van der Waals surface area contributed by atoms with Gasteiger partial charge in [0.1, 0.15) is 11.0 Å². The topological polar surface area (TPSA) is 56.1 Å². The lowest BCUT2D eigenvalue weighted by atomic mass is 10.1. The third-order valence-corrected chi connectivity index (χ3v) is 8.72. The van der Waals surface area contributed by atoms with Crippen molar-refractivity contribution in [2.24, 2.45) is 0 Å². The van der Waals surface area contributed by atoms with E-state index in [1.807, 2.05) is 36.4 Å². The van der Waals surface area contributed by atoms with Gasteiger partial charge in [-0.05, 0) is 60.7 Å². The molecule has 1 aliphatic rings. The first-order chi connectivity index (χ1) is 23.8. The monoisotopic (exact) mass is 619 g/mol. The van der Waals surface area contributed by atoms with Crippen LogP contribution in [0.4, 0.5) is 51.2 Å². The molecule has 0 saturated heterocycles. The van der Waals surface area contributed by atoms with Crippen molar-refractivity contribution in [1.82, 2.24) is 4.98 Å². The molecule has 0 fully saturated rings. The van der Waals surface area contributed by atoms with Crippen LogP contribution < -0.4 is 25.4 Å². The van der Waals surface area contributed by atoms with Crippen molar-refractivity contribution in [1.29, 1.82) is 0 Å². The molecule has 0 bridgehead atoms. The Labute approximate surface area is 278 Å². The Balaban J connectivity index is 1.32. The number of anilines is 9. The van der Waals surface area contributed by atoms with E-state index in [4.69, 9.17) is 4.98 Å². The van der Waals surface area contributed by atoms with E-state index in [9.17, 15) is 0 Å². The number of fused-ring (bicyclic) bond motifs is 4. The van der Waals surface area contributed by atoms with E-state index in [1.165, 1.54) is 0 Å². The van der Waals surface area contributed by atoms with Crippen molar-refractivity contribution >= 4 is 73.3 Å². The normalized spacial score (nSPS) is 11.9. The van der Waals surface area contributed by atoms with Gasteiger partial charge >= 0.3 is 0 Å². The fraction of sp³-hybridized carbons (Fsp3) is 0. The van der Waals surface area contributed by atoms with Crippen molar-refractivity contribution in [2.45, 2.75) is 0 Å². The second-order valence-electron chi connectivity index (χ2n) is 11.8. The Morgan fingerprint density at radius 1 is 0.479 bits per heavy atom. The van der Waals surface area contributed by atoms with E-state index in [0.717, 1.165) is 78.9 Å². The van der Waals surface area contributed by atoms with Crippen LogP contribution in [0.5, 0.6) is 0 Å². The zero-order valence-electron chi connectivity index (χ0n) is 26.0. The van der Waals surface area contributed by atoms with E-state index >= 15 is 0 Å². The molecule has 1 aromatic heterocycles. The number of benzene rings is 7. The minimum Gasteiger partial charge on any atom is -0.354 e. The molecule has 2 heterocycles. The summed E-state index contributed by atoms with van der Waals surface area (Å²) >= 11 is 0. The van der Waals surface area contributed by atoms with Crippen LogP contribution in [0.2, 0.25) is 0 Å². The molecule has 0 atom stereocenters. The number of rotatable bonds is 6. The fourth-order valence-corrected chi connectivity index (χ4v) is 6.55. The van der Waals surface area contributed by atoms with Gasteiger partial charge in [0.15, 0.2) is 0 Å². The molecule has 0 spiro atoms. The quantitative estimate of drug-likeness (QED) is 0.128. The SMILES string of the molecule is c1ccc(Nc2cc3nc4cc5c(cc4[n+](-c4ccccc4)c3cc2Nc2ccccc2)N(c2ccccc2)c2ccccc2N5)cc1. The van der Waals surface area contributed by atoms with E-state index in [2.05, 4.69) is 159 Å². The zero-order valence-corrected chi connectivity index (χ0v) is 26.0. The number of hydrogen-bond donors (Lipinski definition) is 3. The molecule has 1 aliphatic heterocycles. The highest BCUT2D eigenvalue weighted by atomic mass is 15.2. The number of nitrogens with zero attached hydrogens (tertiary/aromatic N) is 3. The van der Waals surface area contributed by atoms with Gasteiger partial charge in [0, 0.05) is 41.3 Å². The molecule has 228 valence electrons. The number of hydrogen-bond acceptors (Lipinski definition) is 5. The van der Waals surface area contributed by atoms with Gasteiger partial charge in [-0.3, -0.25) is 0 Å². The molecular formula is C42H31N6+. The lowest BCUT2D eigenvalue weighted by molar-refractivity contribution is -0.538. The molecule has 0 saturated carbocycles. The molecule has 3 N–H and O–H groups in total. The van der Waals surface area contributed by atoms with Gasteiger partial charge in [-0.15, -0.1) is 4.57 Å². The third-order valence-electron chi connectivity index (χ3n) is 8.72. The molecule has 6 heteroatoms. The minimum atomic E-state index is 0.875. The number of nitrogens with one attached hydrogen (secondary N) is 3. The standard InChI is InChI=1S/C42H30N6/c1-5-15-29(16-6-1)43-34-25-36-40(27-35(34)44-30-17-7-2-8-18-30)48(32-21-11-4-12-22-32)42-28-41-37(26-38(42)46-36)45-33-23-13-14-24-39(33)47(41)31-19-9-3-10-20-31/h1-28,45H,(H,43,46)/p+1. The summed E-state index contributed by atoms with van der Waals surface area (Å²) < 4.78 is 2.32. The Kier molecular flexibility index (Phi) is 6.68. The first-order valence-corrected chi connectivity index (χ1v) is 16.1. The smallest absolute Gasteiger partial charge is 0.239 e. The molecule has 0 unspecified atom stereocenters. The molecule has 0 aliphatic carbocycles. The van der Waals surface area contributed by atoms with E-state index in [0.29, 0.717) is 0 Å². The van der Waals surface area contributed by atoms with Crippen LogP contribution in [0.15, 0.2) is 170 Å². The van der Waals surface area contributed by atoms with Gasteiger partial charge in [0.05, 0.1) is 34.1 Å². The van der Waals surface area contributed by atoms with Gasteiger partial charge in [0.25, 0.3) is 0 Å². The Hall–Kier alpha value is -6.66. The number of aromatic nitrogens is 2. The first kappa shape index (κ1) is 27.6. The molecular weight excluding hydrogens is 589 g/mol. The average molecular weight is 620 g/mol. The average Bonchev–Trinajstić information content (AvgIpc) is 3.14. The zero-order chi connectivity index (χ0) is 31.9. The van der Waals surface area contributed by atoms with E-state index < -0.39 is 0 Å². The van der Waals surface area contributed by atoms with E-state index in [1.54, 1.807) is 0 Å². The van der Waals surface area contributed by atoms with Gasteiger partial charge in [-0.25, -0.2) is 4.98 Å². The second kappa shape index (κ2) is 11.6. The van der Waals surface area contributed by atoms with E-state index in [-0.39, 0.29) is 0 Å². The molecule has 6 nitrogen and oxygen atoms in total. The Morgan fingerprint density at radius 2 is 1.02 bits per heavy atom. The molecule has 8 aromatic rings. The van der Waals surface area contributed by atoms with Crippen LogP contribution >= 0.6 is 0 Å². The maximum atomic E-state index is 5.33. The Bertz CT molecular complexity index is 2400. The van der Waals surface area contributed by atoms with Crippen molar-refractivity contribution < 1.29 is 4.57 Å². The lowest BCUT2D eigenvalue weighted by Gasteiger charge is -2.33. The van der Waals surface area contributed by atoms with Gasteiger partial charge in [-0.2, -0.15) is 0 Å². The summed E-state index contributed by atoms with van der Waals surface area (Å²) in [6.07, 6.45) is 0. The van der Waals surface area contributed by atoms with Gasteiger partial charge in [-0.1, -0.05) is 84.9 Å². The predicted octanol–water partition coefficient (Wildman–Crippen LogP) is 10.7. The van der Waals surface area contributed by atoms with Gasteiger partial charge in [0.2, 0.25) is 16.7 Å². The summed E-state index contributed by atoms with van der Waals surface area (Å²) in [6, 6.07) is 58.8. The molecule has 0 radical (unpaired) electrons. The predicted molar refractivity (Wildman–Crippen MR) is 198 cm³/mol. The highest BCUT2D eigenvalue weighted by Crippen LogP contribution is 2.48. The molecule has 48 heavy (non-hydrogen) atoms. The summed E-state index contributed by atoms with van der Waals surface area (Å²) in [5.41, 5.74) is 14.0. The molecule has 7 aromatic carbocycles. The Morgan fingerprint density at radius 3 is 1.71 bits per heavy atom. The van der Waals surface area contributed by atoms with Crippen LogP contribution in [0.3, 0.4) is 0 Å². The largest absolute Gasteiger partial charge is 0.354 e. The second-order valence-corrected chi connectivity index (χ2v) is 11.8. The maximum Gasteiger partial charge on any atom is 0.239 e. The molecule has 9 rings (SSSR count). The summed E-state index contributed by atoms with van der Waals surface area (Å²) in [7, 11) is 0. The maximum absolute atomic E-state index is 5.33. The van der Waals surface area contributed by atoms with Crippen LogP contribution in [0, 0.1) is 0 Å². The van der Waals surface area contributed by atoms with Crippen LogP contribution in [-0.2, 0) is 0 Å². The van der Waals surface area contributed by atoms with Crippen molar-refractivity contribution in [3.8, 4) is 5.69 Å². The summed E-state index contributed by atoms with van der Waals surface area (Å²) in [5.74, 6) is 0. The first-order valence-electron chi connectivity index (χ1n) is 16.1. The van der Waals surface area contributed by atoms with Gasteiger partial charge < -0.3 is 20.9 Å². The molecule has 0 amide bonds. The van der Waals surface area contributed by atoms with Crippen molar-refractivity contribution in [3.05, 3.63) is 170 Å². The van der Waals surface area contributed by atoms with Crippen molar-refractivity contribution in [3.63, 3.8) is 0 Å².